The molecule has 12 nitrogen and oxygen atoms in total. The number of nitro groups is 3. The molecule has 12 heteroatoms. The predicted octanol–water partition coefficient (Wildman–Crippen LogP) is 1.21. The number of benzene rings is 1. The third-order valence-corrected chi connectivity index (χ3v) is 1.66. The van der Waals surface area contributed by atoms with Crippen LogP contribution in [0.5, 0.6) is 5.75 Å². The molecule has 0 amide bonds. The van der Waals surface area contributed by atoms with Crippen LogP contribution in [0.15, 0.2) is 12.1 Å². The first kappa shape index (κ1) is 16.7. The number of carboxylic acids is 1. The van der Waals surface area contributed by atoms with Crippen LogP contribution in [-0.4, -0.2) is 31.0 Å². The van der Waals surface area contributed by atoms with Gasteiger partial charge in [-0.2, -0.15) is 0 Å². The maximum absolute atomic E-state index is 10.4. The Morgan fingerprint density at radius 2 is 1.30 bits per heavy atom. The molecule has 0 aliphatic carbocycles. The van der Waals surface area contributed by atoms with E-state index in [1.54, 1.807) is 0 Å². The van der Waals surface area contributed by atoms with Crippen LogP contribution in [0.1, 0.15) is 6.92 Å². The summed E-state index contributed by atoms with van der Waals surface area (Å²) in [4.78, 5) is 36.8. The molecule has 1 rings (SSSR count). The number of phenolic OH excluding ortho intramolecular Hbond substituents is 1. The van der Waals surface area contributed by atoms with Crippen LogP contribution in [0, 0.1) is 30.3 Å². The van der Waals surface area contributed by atoms with Crippen LogP contribution in [0.3, 0.4) is 0 Å². The van der Waals surface area contributed by atoms with Crippen LogP contribution in [-0.2, 0) is 4.79 Å². The first-order valence-corrected chi connectivity index (χ1v) is 4.57. The number of nitro benzene ring substituents is 3. The zero-order chi connectivity index (χ0) is 16.0. The van der Waals surface area contributed by atoms with Crippen LogP contribution >= 0.6 is 0 Å². The topological polar surface area (TPSA) is 187 Å². The molecule has 0 heterocycles. The number of aliphatic carboxylic acids is 1. The fraction of sp³-hybridized carbons (Fsp3) is 0.125. The number of hydrogen-bond donors (Lipinski definition) is 2. The average molecular weight is 289 g/mol. The van der Waals surface area contributed by atoms with Crippen molar-refractivity contribution in [2.75, 3.05) is 0 Å². The average Bonchev–Trinajstić information content (AvgIpc) is 2.27. The van der Waals surface area contributed by atoms with Crippen molar-refractivity contribution in [3.05, 3.63) is 42.5 Å². The Morgan fingerprint density at radius 1 is 1.00 bits per heavy atom. The van der Waals surface area contributed by atoms with E-state index in [2.05, 4.69) is 0 Å². The summed E-state index contributed by atoms with van der Waals surface area (Å²) in [5, 5.41) is 47.6. The van der Waals surface area contributed by atoms with E-state index in [0.29, 0.717) is 12.1 Å². The number of non-ortho nitro benzene ring substituents is 1. The molecule has 0 saturated heterocycles. The Morgan fingerprint density at radius 3 is 1.50 bits per heavy atom. The molecule has 108 valence electrons. The van der Waals surface area contributed by atoms with Crippen molar-refractivity contribution in [1.82, 2.24) is 0 Å². The number of carboxylic acid groups (broad SMARTS) is 1. The number of hydrogen-bond acceptors (Lipinski definition) is 8. The molecule has 0 atom stereocenters. The molecule has 0 unspecified atom stereocenters. The number of rotatable bonds is 3. The molecule has 0 saturated carbocycles. The summed E-state index contributed by atoms with van der Waals surface area (Å²) < 4.78 is 0. The molecule has 0 spiro atoms. The van der Waals surface area contributed by atoms with Crippen molar-refractivity contribution in [3.8, 4) is 5.75 Å². The van der Waals surface area contributed by atoms with Gasteiger partial charge in [0.15, 0.2) is 0 Å². The van der Waals surface area contributed by atoms with E-state index >= 15 is 0 Å². The minimum absolute atomic E-state index is 0.447. The van der Waals surface area contributed by atoms with Gasteiger partial charge in [0.1, 0.15) is 0 Å². The minimum Gasteiger partial charge on any atom is -0.497 e. The molecule has 0 aliphatic rings. The second-order valence-electron chi connectivity index (χ2n) is 3.12. The molecule has 0 fully saturated rings. The summed E-state index contributed by atoms with van der Waals surface area (Å²) in [6.45, 7) is 1.08. The summed E-state index contributed by atoms with van der Waals surface area (Å²) in [7, 11) is 0. The largest absolute Gasteiger partial charge is 0.497 e. The van der Waals surface area contributed by atoms with Crippen molar-refractivity contribution in [2.24, 2.45) is 0 Å². The lowest BCUT2D eigenvalue weighted by Crippen LogP contribution is -1.97. The molecule has 0 aliphatic heterocycles. The van der Waals surface area contributed by atoms with Gasteiger partial charge in [0.25, 0.3) is 17.4 Å². The quantitative estimate of drug-likeness (QED) is 0.608. The molecule has 20 heavy (non-hydrogen) atoms. The maximum Gasteiger partial charge on any atom is 0.324 e. The molecular weight excluding hydrogens is 282 g/mol. The predicted molar refractivity (Wildman–Crippen MR) is 61.4 cm³/mol. The highest BCUT2D eigenvalue weighted by Crippen LogP contribution is 2.38. The van der Waals surface area contributed by atoms with Crippen LogP contribution in [0.2, 0.25) is 0 Å². The van der Waals surface area contributed by atoms with Gasteiger partial charge in [-0.15, -0.1) is 0 Å². The standard InChI is InChI=1S/C6H3N3O7.C2H4O2/c10-6-4(8(13)14)1-3(7(11)12)2-5(6)9(15)16;1-2(3)4/h1-2,10H;1H3,(H,3,4). The number of phenols is 1. The molecule has 0 aromatic heterocycles. The summed E-state index contributed by atoms with van der Waals surface area (Å²) in [6.07, 6.45) is 0. The van der Waals surface area contributed by atoms with Gasteiger partial charge in [-0.05, 0) is 0 Å². The van der Waals surface area contributed by atoms with Gasteiger partial charge in [-0.25, -0.2) is 0 Å². The summed E-state index contributed by atoms with van der Waals surface area (Å²) in [6, 6.07) is 0.894. The van der Waals surface area contributed by atoms with Crippen LogP contribution < -0.4 is 0 Å². The lowest BCUT2D eigenvalue weighted by atomic mass is 10.2. The highest BCUT2D eigenvalue weighted by Gasteiger charge is 2.29. The van der Waals surface area contributed by atoms with E-state index in [4.69, 9.17) is 15.0 Å². The lowest BCUT2D eigenvalue weighted by Gasteiger charge is -1.97. The summed E-state index contributed by atoms with van der Waals surface area (Å²) >= 11 is 0. The highest BCUT2D eigenvalue weighted by molar-refractivity contribution is 5.64. The van der Waals surface area contributed by atoms with Gasteiger partial charge >= 0.3 is 11.4 Å². The third kappa shape index (κ3) is 4.52. The lowest BCUT2D eigenvalue weighted by molar-refractivity contribution is -0.404. The maximum atomic E-state index is 10.4. The molecule has 0 bridgehead atoms. The normalized spacial score (nSPS) is 9.05. The molecule has 0 radical (unpaired) electrons. The van der Waals surface area contributed by atoms with Crippen molar-refractivity contribution in [3.63, 3.8) is 0 Å². The Labute approximate surface area is 109 Å². The Kier molecular flexibility index (Phi) is 5.49. The Balaban J connectivity index is 0.000000796. The smallest absolute Gasteiger partial charge is 0.324 e. The van der Waals surface area contributed by atoms with Gasteiger partial charge in [0.05, 0.1) is 26.9 Å². The molecular formula is C8H7N3O9. The molecule has 2 N–H and O–H groups in total. The van der Waals surface area contributed by atoms with E-state index in [1.807, 2.05) is 0 Å². The van der Waals surface area contributed by atoms with Crippen LogP contribution in [0.25, 0.3) is 0 Å². The van der Waals surface area contributed by atoms with Crippen molar-refractivity contribution in [2.45, 2.75) is 6.92 Å². The first-order chi connectivity index (χ1) is 9.07. The number of aromatic hydroxyl groups is 1. The third-order valence-electron chi connectivity index (χ3n) is 1.66. The Bertz CT molecular complexity index is 544. The van der Waals surface area contributed by atoms with E-state index in [9.17, 15) is 30.3 Å². The van der Waals surface area contributed by atoms with Crippen molar-refractivity contribution < 1.29 is 29.8 Å². The zero-order valence-corrected chi connectivity index (χ0v) is 9.75. The molecule has 1 aromatic carbocycles. The summed E-state index contributed by atoms with van der Waals surface area (Å²) in [5.74, 6) is -2.04. The zero-order valence-electron chi connectivity index (χ0n) is 9.75. The Hall–Kier alpha value is -3.31. The van der Waals surface area contributed by atoms with E-state index in [-0.39, 0.29) is 0 Å². The van der Waals surface area contributed by atoms with Gasteiger partial charge in [0.2, 0.25) is 0 Å². The van der Waals surface area contributed by atoms with Crippen LogP contribution in [0.4, 0.5) is 17.1 Å². The monoisotopic (exact) mass is 289 g/mol. The number of carbonyl (C=O) groups is 1. The van der Waals surface area contributed by atoms with E-state index < -0.39 is 43.6 Å². The molecule has 1 aromatic rings. The SMILES string of the molecule is CC(=O)O.O=[N+]([O-])c1cc([N+](=O)[O-])c(O)c([N+](=O)[O-])c1. The summed E-state index contributed by atoms with van der Waals surface area (Å²) in [5.41, 5.74) is -3.00. The van der Waals surface area contributed by atoms with Crippen molar-refractivity contribution in [1.29, 1.82) is 0 Å². The van der Waals surface area contributed by atoms with E-state index in [1.165, 1.54) is 0 Å². The van der Waals surface area contributed by atoms with Gasteiger partial charge < -0.3 is 10.2 Å². The minimum atomic E-state index is -1.21. The fourth-order valence-electron chi connectivity index (χ4n) is 0.974. The van der Waals surface area contributed by atoms with Gasteiger partial charge in [-0.3, -0.25) is 35.1 Å². The second kappa shape index (κ2) is 6.58. The first-order valence-electron chi connectivity index (χ1n) is 4.57. The second-order valence-corrected chi connectivity index (χ2v) is 3.12. The number of nitrogens with zero attached hydrogens (tertiary/aromatic N) is 3. The fourth-order valence-corrected chi connectivity index (χ4v) is 0.974. The van der Waals surface area contributed by atoms with Gasteiger partial charge in [0, 0.05) is 6.92 Å². The highest BCUT2D eigenvalue weighted by atomic mass is 16.6. The van der Waals surface area contributed by atoms with Crippen molar-refractivity contribution >= 4 is 23.0 Å². The van der Waals surface area contributed by atoms with Gasteiger partial charge in [-0.1, -0.05) is 0 Å². The van der Waals surface area contributed by atoms with E-state index in [0.717, 1.165) is 6.92 Å².